The van der Waals surface area contributed by atoms with Crippen molar-refractivity contribution >= 4 is 11.8 Å². The summed E-state index contributed by atoms with van der Waals surface area (Å²) in [5.41, 5.74) is 0. The minimum Gasteiger partial charge on any atom is -0.274 e. The van der Waals surface area contributed by atoms with Crippen LogP contribution < -0.4 is 0 Å². The van der Waals surface area contributed by atoms with E-state index in [0.717, 1.165) is 19.3 Å². The Morgan fingerprint density at radius 3 is 2.29 bits per heavy atom. The van der Waals surface area contributed by atoms with Crippen LogP contribution in [0.1, 0.15) is 33.1 Å². The van der Waals surface area contributed by atoms with Crippen molar-refractivity contribution in [1.82, 2.24) is 4.90 Å². The normalized spacial score (nSPS) is 27.1. The molecule has 2 unspecified atom stereocenters. The number of rotatable bonds is 4. The van der Waals surface area contributed by atoms with Crippen LogP contribution in [0.15, 0.2) is 12.8 Å². The lowest BCUT2D eigenvalue weighted by Crippen LogP contribution is -2.24. The van der Waals surface area contributed by atoms with Crippen LogP contribution in [-0.2, 0) is 9.59 Å². The quantitative estimate of drug-likeness (QED) is 0.643. The van der Waals surface area contributed by atoms with Gasteiger partial charge < -0.3 is 0 Å². The van der Waals surface area contributed by atoms with E-state index in [1.54, 1.807) is 0 Å². The summed E-state index contributed by atoms with van der Waals surface area (Å²) in [6.07, 6.45) is 3.81. The molecule has 3 nitrogen and oxygen atoms in total. The second-order valence-electron chi connectivity index (χ2n) is 3.64. The predicted octanol–water partition coefficient (Wildman–Crippen LogP) is 1.94. The van der Waals surface area contributed by atoms with E-state index in [-0.39, 0.29) is 23.7 Å². The lowest BCUT2D eigenvalue weighted by Gasteiger charge is -2.10. The number of amides is 2. The van der Waals surface area contributed by atoms with Gasteiger partial charge in [-0.1, -0.05) is 26.8 Å². The van der Waals surface area contributed by atoms with Crippen LogP contribution in [0.25, 0.3) is 0 Å². The molecule has 78 valence electrons. The summed E-state index contributed by atoms with van der Waals surface area (Å²) >= 11 is 0. The van der Waals surface area contributed by atoms with Gasteiger partial charge in [-0.25, -0.2) is 0 Å². The molecule has 0 aromatic rings. The van der Waals surface area contributed by atoms with Crippen molar-refractivity contribution in [3.05, 3.63) is 12.8 Å². The second-order valence-corrected chi connectivity index (χ2v) is 3.64. The van der Waals surface area contributed by atoms with Gasteiger partial charge in [0, 0.05) is 6.20 Å². The molecule has 2 amide bonds. The molecular weight excluding hydrogens is 178 g/mol. The number of hydrogen-bond acceptors (Lipinski definition) is 2. The van der Waals surface area contributed by atoms with E-state index in [0.29, 0.717) is 0 Å². The second kappa shape index (κ2) is 4.40. The Kier molecular flexibility index (Phi) is 3.44. The molecule has 1 heterocycles. The summed E-state index contributed by atoms with van der Waals surface area (Å²) in [6, 6.07) is 0. The van der Waals surface area contributed by atoms with Gasteiger partial charge in [0.2, 0.25) is 11.8 Å². The van der Waals surface area contributed by atoms with Gasteiger partial charge in [0.25, 0.3) is 0 Å². The average molecular weight is 195 g/mol. The molecular formula is C11H17NO2. The lowest BCUT2D eigenvalue weighted by molar-refractivity contribution is -0.136. The third kappa shape index (κ3) is 1.59. The fraction of sp³-hybridized carbons (Fsp3) is 0.636. The molecule has 1 aliphatic rings. The molecule has 0 saturated carbocycles. The van der Waals surface area contributed by atoms with E-state index >= 15 is 0 Å². The molecule has 0 bridgehead atoms. The molecule has 0 aliphatic carbocycles. The van der Waals surface area contributed by atoms with E-state index in [9.17, 15) is 9.59 Å². The van der Waals surface area contributed by atoms with Gasteiger partial charge in [-0.3, -0.25) is 14.5 Å². The van der Waals surface area contributed by atoms with E-state index < -0.39 is 0 Å². The summed E-state index contributed by atoms with van der Waals surface area (Å²) in [6.45, 7) is 7.47. The zero-order valence-electron chi connectivity index (χ0n) is 8.82. The molecule has 14 heavy (non-hydrogen) atoms. The molecule has 0 aromatic carbocycles. The molecule has 0 N–H and O–H groups in total. The summed E-state index contributed by atoms with van der Waals surface area (Å²) in [7, 11) is 0. The minimum atomic E-state index is -0.125. The summed E-state index contributed by atoms with van der Waals surface area (Å²) < 4.78 is 0. The minimum absolute atomic E-state index is 0.0706. The van der Waals surface area contributed by atoms with Crippen LogP contribution in [-0.4, -0.2) is 16.7 Å². The highest BCUT2D eigenvalue weighted by atomic mass is 16.2. The van der Waals surface area contributed by atoms with E-state index in [2.05, 4.69) is 6.58 Å². The maximum atomic E-state index is 11.7. The van der Waals surface area contributed by atoms with Crippen LogP contribution in [0.4, 0.5) is 0 Å². The first-order chi connectivity index (χ1) is 6.67. The Morgan fingerprint density at radius 1 is 1.29 bits per heavy atom. The van der Waals surface area contributed by atoms with Crippen molar-refractivity contribution in [3.63, 3.8) is 0 Å². The molecule has 0 aromatic heterocycles. The van der Waals surface area contributed by atoms with Crippen LogP contribution >= 0.6 is 0 Å². The Balaban J connectivity index is 2.89. The fourth-order valence-electron chi connectivity index (χ4n) is 2.08. The van der Waals surface area contributed by atoms with Crippen LogP contribution in [0, 0.1) is 11.8 Å². The molecule has 3 heteroatoms. The Labute approximate surface area is 84.8 Å². The van der Waals surface area contributed by atoms with Gasteiger partial charge in [-0.15, -0.1) is 0 Å². The first-order valence-electron chi connectivity index (χ1n) is 5.16. The van der Waals surface area contributed by atoms with Gasteiger partial charge in [-0.2, -0.15) is 0 Å². The number of hydrogen-bond donors (Lipinski definition) is 0. The van der Waals surface area contributed by atoms with E-state index in [4.69, 9.17) is 0 Å². The molecule has 2 atom stereocenters. The van der Waals surface area contributed by atoms with Crippen molar-refractivity contribution < 1.29 is 9.59 Å². The third-order valence-electron chi connectivity index (χ3n) is 2.82. The largest absolute Gasteiger partial charge is 0.274 e. The van der Waals surface area contributed by atoms with Gasteiger partial charge in [0.1, 0.15) is 0 Å². The first kappa shape index (κ1) is 11.0. The highest BCUT2D eigenvalue weighted by Gasteiger charge is 2.44. The van der Waals surface area contributed by atoms with Crippen molar-refractivity contribution in [1.29, 1.82) is 0 Å². The number of likely N-dealkylation sites (tertiary alicyclic amines) is 1. The number of nitrogens with zero attached hydrogens (tertiary/aromatic N) is 1. The molecule has 1 rings (SSSR count). The lowest BCUT2D eigenvalue weighted by atomic mass is 9.89. The highest BCUT2D eigenvalue weighted by molar-refractivity contribution is 6.05. The molecule has 1 aliphatic heterocycles. The average Bonchev–Trinajstić information content (AvgIpc) is 2.39. The predicted molar refractivity (Wildman–Crippen MR) is 54.2 cm³/mol. The summed E-state index contributed by atoms with van der Waals surface area (Å²) in [5.74, 6) is -0.388. The van der Waals surface area contributed by atoms with Crippen molar-refractivity contribution in [2.75, 3.05) is 0 Å². The van der Waals surface area contributed by atoms with Crippen LogP contribution in [0.3, 0.4) is 0 Å². The maximum Gasteiger partial charge on any atom is 0.237 e. The van der Waals surface area contributed by atoms with Gasteiger partial charge in [0.05, 0.1) is 11.8 Å². The number of carbonyl (C=O) groups is 2. The Bertz CT molecular complexity index is 260. The monoisotopic (exact) mass is 195 g/mol. The first-order valence-corrected chi connectivity index (χ1v) is 5.16. The molecule has 1 fully saturated rings. The van der Waals surface area contributed by atoms with Crippen LogP contribution in [0.2, 0.25) is 0 Å². The SMILES string of the molecule is C=CN1C(=O)C(CC)C(CCC)C1=O. The topological polar surface area (TPSA) is 37.4 Å². The van der Waals surface area contributed by atoms with Crippen molar-refractivity contribution in [2.45, 2.75) is 33.1 Å². The third-order valence-corrected chi connectivity index (χ3v) is 2.82. The number of imide groups is 1. The van der Waals surface area contributed by atoms with Gasteiger partial charge in [-0.05, 0) is 12.8 Å². The zero-order valence-corrected chi connectivity index (χ0v) is 8.82. The fourth-order valence-corrected chi connectivity index (χ4v) is 2.08. The van der Waals surface area contributed by atoms with E-state index in [1.165, 1.54) is 11.1 Å². The molecule has 1 saturated heterocycles. The standard InChI is InChI=1S/C11H17NO2/c1-4-7-9-8(5-2)10(13)12(6-3)11(9)14/h6,8-9H,3-5,7H2,1-2H3. The maximum absolute atomic E-state index is 11.7. The zero-order chi connectivity index (χ0) is 10.7. The van der Waals surface area contributed by atoms with Crippen molar-refractivity contribution in [3.8, 4) is 0 Å². The summed E-state index contributed by atoms with van der Waals surface area (Å²) in [4.78, 5) is 24.6. The molecule has 0 radical (unpaired) electrons. The van der Waals surface area contributed by atoms with Gasteiger partial charge >= 0.3 is 0 Å². The molecule has 0 spiro atoms. The van der Waals surface area contributed by atoms with Crippen LogP contribution in [0.5, 0.6) is 0 Å². The number of carbonyl (C=O) groups excluding carboxylic acids is 2. The van der Waals surface area contributed by atoms with Gasteiger partial charge in [0.15, 0.2) is 0 Å². The highest BCUT2D eigenvalue weighted by Crippen LogP contribution is 2.32. The Hall–Kier alpha value is -1.12. The summed E-state index contributed by atoms with van der Waals surface area (Å²) in [5, 5.41) is 0. The van der Waals surface area contributed by atoms with E-state index in [1.807, 2.05) is 13.8 Å². The smallest absolute Gasteiger partial charge is 0.237 e. The van der Waals surface area contributed by atoms with Crippen molar-refractivity contribution in [2.24, 2.45) is 11.8 Å². The Morgan fingerprint density at radius 2 is 1.86 bits per heavy atom.